The monoisotopic (exact) mass is 302 g/mol. The Bertz CT molecular complexity index is 385. The summed E-state index contributed by atoms with van der Waals surface area (Å²) in [6.45, 7) is 3.76. The van der Waals surface area contributed by atoms with Gasteiger partial charge in [0.2, 0.25) is 5.91 Å². The molecule has 1 atom stereocenters. The highest BCUT2D eigenvalue weighted by atomic mass is 35.5. The number of rotatable bonds is 8. The van der Waals surface area contributed by atoms with E-state index in [0.29, 0.717) is 26.3 Å². The molecule has 0 aliphatic heterocycles. The van der Waals surface area contributed by atoms with Crippen molar-refractivity contribution >= 4 is 18.3 Å². The summed E-state index contributed by atoms with van der Waals surface area (Å²) in [5.41, 5.74) is 6.46. The van der Waals surface area contributed by atoms with Gasteiger partial charge in [0, 0.05) is 26.1 Å². The number of amides is 1. The standard InChI is InChI=1S/C14H22N2O3.ClH/c1-11(9-15)14(17)16-10-12-3-5-13(6-4-12)19-8-7-18-2;/h3-6,11H,7-10,15H2,1-2H3,(H,16,17);1H. The number of ether oxygens (including phenoxy) is 2. The molecule has 1 aromatic rings. The van der Waals surface area contributed by atoms with Gasteiger partial charge in [-0.3, -0.25) is 4.79 Å². The second-order valence-corrected chi connectivity index (χ2v) is 4.34. The van der Waals surface area contributed by atoms with E-state index < -0.39 is 0 Å². The van der Waals surface area contributed by atoms with Gasteiger partial charge in [-0.15, -0.1) is 12.4 Å². The molecule has 5 nitrogen and oxygen atoms in total. The van der Waals surface area contributed by atoms with E-state index in [4.69, 9.17) is 15.2 Å². The van der Waals surface area contributed by atoms with Crippen LogP contribution in [-0.2, 0) is 16.1 Å². The number of carbonyl (C=O) groups excluding carboxylic acids is 1. The molecule has 0 aliphatic carbocycles. The molecule has 0 heterocycles. The van der Waals surface area contributed by atoms with Gasteiger partial charge in [-0.05, 0) is 17.7 Å². The first-order chi connectivity index (χ1) is 9.17. The van der Waals surface area contributed by atoms with Crippen molar-refractivity contribution in [2.75, 3.05) is 26.9 Å². The molecule has 20 heavy (non-hydrogen) atoms. The summed E-state index contributed by atoms with van der Waals surface area (Å²) in [5, 5.41) is 2.84. The summed E-state index contributed by atoms with van der Waals surface area (Å²) in [6, 6.07) is 7.61. The van der Waals surface area contributed by atoms with E-state index in [1.807, 2.05) is 31.2 Å². The summed E-state index contributed by atoms with van der Waals surface area (Å²) in [7, 11) is 1.64. The van der Waals surface area contributed by atoms with Crippen molar-refractivity contribution in [3.63, 3.8) is 0 Å². The number of carbonyl (C=O) groups is 1. The lowest BCUT2D eigenvalue weighted by atomic mass is 10.1. The largest absolute Gasteiger partial charge is 0.491 e. The molecule has 0 fully saturated rings. The van der Waals surface area contributed by atoms with Crippen LogP contribution in [0, 0.1) is 5.92 Å². The molecule has 0 aromatic heterocycles. The molecule has 1 rings (SSSR count). The van der Waals surface area contributed by atoms with Crippen LogP contribution in [0.25, 0.3) is 0 Å². The van der Waals surface area contributed by atoms with Crippen LogP contribution < -0.4 is 15.8 Å². The second kappa shape index (κ2) is 10.5. The predicted molar refractivity (Wildman–Crippen MR) is 81.1 cm³/mol. The fourth-order valence-corrected chi connectivity index (χ4v) is 1.42. The fraction of sp³-hybridized carbons (Fsp3) is 0.500. The third-order valence-corrected chi connectivity index (χ3v) is 2.75. The minimum absolute atomic E-state index is 0. The summed E-state index contributed by atoms with van der Waals surface area (Å²) < 4.78 is 10.4. The fourth-order valence-electron chi connectivity index (χ4n) is 1.42. The summed E-state index contributed by atoms with van der Waals surface area (Å²) in [5.74, 6) is 0.613. The lowest BCUT2D eigenvalue weighted by molar-refractivity contribution is -0.124. The van der Waals surface area contributed by atoms with Crippen LogP contribution >= 0.6 is 12.4 Å². The molecule has 0 aliphatic rings. The first kappa shape index (κ1) is 18.7. The lowest BCUT2D eigenvalue weighted by Crippen LogP contribution is -2.32. The Morgan fingerprint density at radius 3 is 2.50 bits per heavy atom. The highest BCUT2D eigenvalue weighted by molar-refractivity contribution is 5.85. The van der Waals surface area contributed by atoms with Crippen molar-refractivity contribution < 1.29 is 14.3 Å². The quantitative estimate of drug-likeness (QED) is 0.711. The van der Waals surface area contributed by atoms with E-state index >= 15 is 0 Å². The molecule has 3 N–H and O–H groups in total. The molecular formula is C14H23ClN2O3. The number of nitrogens with two attached hydrogens (primary N) is 1. The number of methoxy groups -OCH3 is 1. The maximum atomic E-state index is 11.6. The number of hydrogen-bond acceptors (Lipinski definition) is 4. The number of hydrogen-bond donors (Lipinski definition) is 2. The van der Waals surface area contributed by atoms with Crippen molar-refractivity contribution in [2.45, 2.75) is 13.5 Å². The zero-order chi connectivity index (χ0) is 14.1. The van der Waals surface area contributed by atoms with Crippen molar-refractivity contribution in [1.82, 2.24) is 5.32 Å². The third kappa shape index (κ3) is 6.75. The van der Waals surface area contributed by atoms with Gasteiger partial charge < -0.3 is 20.5 Å². The second-order valence-electron chi connectivity index (χ2n) is 4.34. The highest BCUT2D eigenvalue weighted by Crippen LogP contribution is 2.12. The van der Waals surface area contributed by atoms with Crippen LogP contribution in [0.4, 0.5) is 0 Å². The Balaban J connectivity index is 0.00000361. The van der Waals surface area contributed by atoms with Gasteiger partial charge in [-0.2, -0.15) is 0 Å². The minimum Gasteiger partial charge on any atom is -0.491 e. The van der Waals surface area contributed by atoms with Crippen LogP contribution in [0.1, 0.15) is 12.5 Å². The first-order valence-corrected chi connectivity index (χ1v) is 6.35. The molecule has 1 unspecified atom stereocenters. The number of halogens is 1. The van der Waals surface area contributed by atoms with E-state index in [2.05, 4.69) is 5.32 Å². The first-order valence-electron chi connectivity index (χ1n) is 6.35. The average molecular weight is 303 g/mol. The molecule has 0 spiro atoms. The van der Waals surface area contributed by atoms with Crippen molar-refractivity contribution in [3.05, 3.63) is 29.8 Å². The van der Waals surface area contributed by atoms with Crippen molar-refractivity contribution in [2.24, 2.45) is 11.7 Å². The summed E-state index contributed by atoms with van der Waals surface area (Å²) in [4.78, 5) is 11.6. The highest BCUT2D eigenvalue weighted by Gasteiger charge is 2.09. The van der Waals surface area contributed by atoms with Gasteiger partial charge in [-0.25, -0.2) is 0 Å². The molecule has 1 amide bonds. The zero-order valence-corrected chi connectivity index (χ0v) is 12.7. The van der Waals surface area contributed by atoms with Gasteiger partial charge in [-0.1, -0.05) is 19.1 Å². The smallest absolute Gasteiger partial charge is 0.224 e. The Kier molecular flexibility index (Phi) is 9.80. The van der Waals surface area contributed by atoms with E-state index in [0.717, 1.165) is 11.3 Å². The van der Waals surface area contributed by atoms with Crippen LogP contribution in [-0.4, -0.2) is 32.8 Å². The van der Waals surface area contributed by atoms with E-state index in [-0.39, 0.29) is 24.2 Å². The lowest BCUT2D eigenvalue weighted by Gasteiger charge is -2.10. The maximum absolute atomic E-state index is 11.6. The van der Waals surface area contributed by atoms with E-state index in [9.17, 15) is 4.79 Å². The van der Waals surface area contributed by atoms with Crippen LogP contribution in [0.5, 0.6) is 5.75 Å². The molecule has 114 valence electrons. The molecular weight excluding hydrogens is 280 g/mol. The van der Waals surface area contributed by atoms with Gasteiger partial charge in [0.15, 0.2) is 0 Å². The van der Waals surface area contributed by atoms with Crippen LogP contribution in [0.3, 0.4) is 0 Å². The Labute approximate surface area is 126 Å². The number of benzene rings is 1. The van der Waals surface area contributed by atoms with E-state index in [1.165, 1.54) is 0 Å². The maximum Gasteiger partial charge on any atom is 0.224 e. The average Bonchev–Trinajstić information content (AvgIpc) is 2.45. The molecule has 1 aromatic carbocycles. The topological polar surface area (TPSA) is 73.6 Å². The Hall–Kier alpha value is -1.30. The number of nitrogens with one attached hydrogen (secondary N) is 1. The normalized spacial score (nSPS) is 11.3. The van der Waals surface area contributed by atoms with E-state index in [1.54, 1.807) is 7.11 Å². The van der Waals surface area contributed by atoms with Gasteiger partial charge in [0.05, 0.1) is 6.61 Å². The predicted octanol–water partition coefficient (Wildman–Crippen LogP) is 1.34. The molecule has 0 saturated carbocycles. The van der Waals surface area contributed by atoms with Crippen molar-refractivity contribution in [3.8, 4) is 5.75 Å². The summed E-state index contributed by atoms with van der Waals surface area (Å²) in [6.07, 6.45) is 0. The molecule has 0 saturated heterocycles. The van der Waals surface area contributed by atoms with Gasteiger partial charge in [0.25, 0.3) is 0 Å². The zero-order valence-electron chi connectivity index (χ0n) is 11.9. The molecule has 0 bridgehead atoms. The molecule has 6 heteroatoms. The SMILES string of the molecule is COCCOc1ccc(CNC(=O)C(C)CN)cc1.Cl. The molecule has 0 radical (unpaired) electrons. The van der Waals surface area contributed by atoms with Gasteiger partial charge in [0.1, 0.15) is 12.4 Å². The Morgan fingerprint density at radius 2 is 1.95 bits per heavy atom. The minimum atomic E-state index is -0.156. The van der Waals surface area contributed by atoms with Crippen molar-refractivity contribution in [1.29, 1.82) is 0 Å². The Morgan fingerprint density at radius 1 is 1.30 bits per heavy atom. The van der Waals surface area contributed by atoms with Crippen LogP contribution in [0.2, 0.25) is 0 Å². The third-order valence-electron chi connectivity index (χ3n) is 2.75. The summed E-state index contributed by atoms with van der Waals surface area (Å²) >= 11 is 0. The van der Waals surface area contributed by atoms with Gasteiger partial charge >= 0.3 is 0 Å². The van der Waals surface area contributed by atoms with Crippen LogP contribution in [0.15, 0.2) is 24.3 Å².